The second-order valence-electron chi connectivity index (χ2n) is 15.4. The van der Waals surface area contributed by atoms with Crippen molar-refractivity contribution >= 4 is 5.97 Å². The lowest BCUT2D eigenvalue weighted by Crippen LogP contribution is -2.66. The number of hydrogen-bond acceptors (Lipinski definition) is 3. The van der Waals surface area contributed by atoms with Gasteiger partial charge in [-0.25, -0.2) is 0 Å². The molecule has 2 bridgehead atoms. The van der Waals surface area contributed by atoms with Crippen molar-refractivity contribution in [1.82, 2.24) is 0 Å². The van der Waals surface area contributed by atoms with Crippen LogP contribution in [0, 0.1) is 50.7 Å². The minimum atomic E-state index is -0.349. The maximum atomic E-state index is 12.6. The monoisotopic (exact) mass is 456 g/mol. The molecule has 6 rings (SSSR count). The Labute approximate surface area is 202 Å². The molecule has 2 heterocycles. The summed E-state index contributed by atoms with van der Waals surface area (Å²) in [6.45, 7) is 18.3. The first-order valence-electron chi connectivity index (χ1n) is 14.1. The zero-order valence-corrected chi connectivity index (χ0v) is 22.4. The lowest BCUT2D eigenvalue weighted by molar-refractivity contribution is -0.239. The molecule has 0 aromatic rings. The SMILES string of the molecule is CC1(C)CC[C@]23CC[C@]4(C)[C@H](CC[C@@H]5[C@@]6(C)CCC(=O)OC(C)(C)[C@@H]6CC[C@]54C)[C@H]2[C@H]1OC3. The van der Waals surface area contributed by atoms with Gasteiger partial charge in [0.1, 0.15) is 5.60 Å². The fourth-order valence-electron chi connectivity index (χ4n) is 11.6. The fourth-order valence-corrected chi connectivity index (χ4v) is 11.6. The van der Waals surface area contributed by atoms with Crippen molar-refractivity contribution in [3.63, 3.8) is 0 Å². The van der Waals surface area contributed by atoms with Crippen LogP contribution in [0.1, 0.15) is 113 Å². The number of rotatable bonds is 0. The maximum absolute atomic E-state index is 12.6. The third kappa shape index (κ3) is 2.70. The number of carbonyl (C=O) groups is 1. The molecule has 3 heteroatoms. The third-order valence-corrected chi connectivity index (χ3v) is 13.5. The van der Waals surface area contributed by atoms with Crippen molar-refractivity contribution in [2.24, 2.45) is 50.7 Å². The van der Waals surface area contributed by atoms with Crippen LogP contribution in [0.25, 0.3) is 0 Å². The summed E-state index contributed by atoms with van der Waals surface area (Å²) < 4.78 is 12.8. The molecule has 6 aliphatic rings. The Bertz CT molecular complexity index is 861. The predicted octanol–water partition coefficient (Wildman–Crippen LogP) is 7.17. The summed E-state index contributed by atoms with van der Waals surface area (Å²) in [5, 5.41) is 0. The van der Waals surface area contributed by atoms with E-state index in [1.807, 2.05) is 0 Å². The van der Waals surface area contributed by atoms with Crippen molar-refractivity contribution in [3.8, 4) is 0 Å². The summed E-state index contributed by atoms with van der Waals surface area (Å²) in [5.74, 6) is 2.71. The molecule has 186 valence electrons. The lowest BCUT2D eigenvalue weighted by atomic mass is 9.32. The molecule has 0 aromatic carbocycles. The van der Waals surface area contributed by atoms with E-state index in [4.69, 9.17) is 9.47 Å². The van der Waals surface area contributed by atoms with E-state index in [1.165, 1.54) is 51.4 Å². The van der Waals surface area contributed by atoms with Crippen molar-refractivity contribution < 1.29 is 14.3 Å². The molecule has 0 N–H and O–H groups in total. The van der Waals surface area contributed by atoms with E-state index >= 15 is 0 Å². The molecule has 6 fully saturated rings. The van der Waals surface area contributed by atoms with Crippen molar-refractivity contribution in [2.45, 2.75) is 124 Å². The summed E-state index contributed by atoms with van der Waals surface area (Å²) >= 11 is 0. The van der Waals surface area contributed by atoms with Gasteiger partial charge in [0.05, 0.1) is 12.7 Å². The second-order valence-corrected chi connectivity index (χ2v) is 15.4. The Balaban J connectivity index is 1.40. The molecule has 2 saturated heterocycles. The molecule has 33 heavy (non-hydrogen) atoms. The normalized spacial score (nSPS) is 56.5. The quantitative estimate of drug-likeness (QED) is 0.362. The van der Waals surface area contributed by atoms with Crippen molar-refractivity contribution in [2.75, 3.05) is 6.61 Å². The van der Waals surface area contributed by atoms with Gasteiger partial charge in [0.15, 0.2) is 0 Å². The highest BCUT2D eigenvalue weighted by molar-refractivity contribution is 5.70. The minimum absolute atomic E-state index is 0.0231. The molecule has 4 saturated carbocycles. The number of carbonyl (C=O) groups excluding carboxylic acids is 1. The lowest BCUT2D eigenvalue weighted by Gasteiger charge is -2.72. The van der Waals surface area contributed by atoms with Gasteiger partial charge in [-0.05, 0) is 116 Å². The van der Waals surface area contributed by atoms with Crippen LogP contribution >= 0.6 is 0 Å². The molecule has 0 radical (unpaired) electrons. The van der Waals surface area contributed by atoms with E-state index in [9.17, 15) is 4.79 Å². The van der Waals surface area contributed by atoms with E-state index in [0.29, 0.717) is 46.0 Å². The largest absolute Gasteiger partial charge is 0.459 e. The Kier molecular flexibility index (Phi) is 4.57. The molecule has 2 aliphatic heterocycles. The predicted molar refractivity (Wildman–Crippen MR) is 131 cm³/mol. The number of cyclic esters (lactones) is 1. The van der Waals surface area contributed by atoms with Gasteiger partial charge in [-0.1, -0.05) is 34.6 Å². The molecule has 4 aliphatic carbocycles. The maximum Gasteiger partial charge on any atom is 0.306 e. The summed E-state index contributed by atoms with van der Waals surface area (Å²) in [4.78, 5) is 12.6. The van der Waals surface area contributed by atoms with E-state index in [1.54, 1.807) is 0 Å². The zero-order valence-electron chi connectivity index (χ0n) is 22.4. The third-order valence-electron chi connectivity index (χ3n) is 13.5. The highest BCUT2D eigenvalue weighted by Crippen LogP contribution is 2.77. The first-order valence-corrected chi connectivity index (χ1v) is 14.1. The van der Waals surface area contributed by atoms with Crippen LogP contribution in [-0.2, 0) is 14.3 Å². The van der Waals surface area contributed by atoms with E-state index in [0.717, 1.165) is 24.9 Å². The average molecular weight is 457 g/mol. The Hall–Kier alpha value is -0.570. The van der Waals surface area contributed by atoms with Gasteiger partial charge < -0.3 is 9.47 Å². The summed E-state index contributed by atoms with van der Waals surface area (Å²) in [5.41, 5.74) is 1.32. The Morgan fingerprint density at radius 2 is 1.48 bits per heavy atom. The van der Waals surface area contributed by atoms with Gasteiger partial charge in [-0.15, -0.1) is 0 Å². The van der Waals surface area contributed by atoms with Crippen LogP contribution in [0.5, 0.6) is 0 Å². The Morgan fingerprint density at radius 3 is 2.24 bits per heavy atom. The van der Waals surface area contributed by atoms with E-state index < -0.39 is 0 Å². The van der Waals surface area contributed by atoms with E-state index in [2.05, 4.69) is 48.5 Å². The number of esters is 1. The minimum Gasteiger partial charge on any atom is -0.459 e. The number of hydrogen-bond donors (Lipinski definition) is 0. The molecule has 3 nitrogen and oxygen atoms in total. The van der Waals surface area contributed by atoms with Gasteiger partial charge in [0.2, 0.25) is 0 Å². The van der Waals surface area contributed by atoms with Crippen LogP contribution in [0.15, 0.2) is 0 Å². The standard InChI is InChI=1S/C30H48O3/c1-25(2)14-16-30-17-15-28(6)19(23(30)24(25)32-18-30)8-9-21-27(5)12-11-22(31)33-26(3,4)20(27)10-13-29(21,28)7/h19-21,23-24H,8-18H2,1-7H3/t19-,20+,21-,23+,24-,27+,28-,29-,30-/m1/s1. The first kappa shape index (κ1) is 22.9. The highest BCUT2D eigenvalue weighted by atomic mass is 16.6. The van der Waals surface area contributed by atoms with E-state index in [-0.39, 0.29) is 17.0 Å². The summed E-state index contributed by atoms with van der Waals surface area (Å²) in [7, 11) is 0. The molecular formula is C30H48O3. The van der Waals surface area contributed by atoms with Gasteiger partial charge in [-0.3, -0.25) is 4.79 Å². The fraction of sp³-hybridized carbons (Fsp3) is 0.967. The number of fused-ring (bicyclic) bond motifs is 5. The highest BCUT2D eigenvalue weighted by Gasteiger charge is 2.72. The van der Waals surface area contributed by atoms with Crippen molar-refractivity contribution in [3.05, 3.63) is 0 Å². The van der Waals surface area contributed by atoms with Crippen LogP contribution in [0.3, 0.4) is 0 Å². The molecule has 9 atom stereocenters. The Morgan fingerprint density at radius 1 is 0.758 bits per heavy atom. The molecule has 0 amide bonds. The number of ether oxygens (including phenoxy) is 2. The second kappa shape index (κ2) is 6.60. The molecule has 0 aromatic heterocycles. The van der Waals surface area contributed by atoms with Crippen molar-refractivity contribution in [1.29, 1.82) is 0 Å². The summed E-state index contributed by atoms with van der Waals surface area (Å²) in [6, 6.07) is 0. The summed E-state index contributed by atoms with van der Waals surface area (Å²) in [6.07, 6.45) is 12.7. The topological polar surface area (TPSA) is 35.5 Å². The van der Waals surface area contributed by atoms with Gasteiger partial charge in [0, 0.05) is 12.3 Å². The molecule has 0 unspecified atom stereocenters. The molecular weight excluding hydrogens is 408 g/mol. The van der Waals surface area contributed by atoms with Crippen LogP contribution < -0.4 is 0 Å². The van der Waals surface area contributed by atoms with Gasteiger partial charge in [0.25, 0.3) is 0 Å². The van der Waals surface area contributed by atoms with Crippen LogP contribution in [0.2, 0.25) is 0 Å². The van der Waals surface area contributed by atoms with Crippen LogP contribution in [0.4, 0.5) is 0 Å². The average Bonchev–Trinajstić information content (AvgIpc) is 3.01. The zero-order chi connectivity index (χ0) is 23.7. The van der Waals surface area contributed by atoms with Crippen LogP contribution in [-0.4, -0.2) is 24.3 Å². The first-order chi connectivity index (χ1) is 15.3. The van der Waals surface area contributed by atoms with Gasteiger partial charge in [-0.2, -0.15) is 0 Å². The van der Waals surface area contributed by atoms with Gasteiger partial charge >= 0.3 is 5.97 Å². The molecule has 0 spiro atoms. The smallest absolute Gasteiger partial charge is 0.306 e.